The summed E-state index contributed by atoms with van der Waals surface area (Å²) in [4.78, 5) is 22.6. The molecular weight excluding hydrogens is 310 g/mol. The average molecular weight is 322 g/mol. The third kappa shape index (κ3) is 4.95. The maximum Gasteiger partial charge on any atom is 0.387 e. The summed E-state index contributed by atoms with van der Waals surface area (Å²) in [5, 5.41) is 13.8. The van der Waals surface area contributed by atoms with E-state index in [4.69, 9.17) is 5.11 Å². The monoisotopic (exact) mass is 322 g/mol. The first-order valence-corrected chi connectivity index (χ1v) is 6.40. The van der Waals surface area contributed by atoms with Crippen LogP contribution in [0.5, 0.6) is 5.75 Å². The summed E-state index contributed by atoms with van der Waals surface area (Å²) < 4.78 is 28.2. The van der Waals surface area contributed by atoms with Crippen molar-refractivity contribution < 1.29 is 28.2 Å². The SMILES string of the molecule is O=C(Nc1ccc(OC(F)F)cc1)Nc1cccc(C(=O)O)c1. The Balaban J connectivity index is 1.96. The molecule has 23 heavy (non-hydrogen) atoms. The number of rotatable bonds is 5. The molecule has 0 aliphatic carbocycles. The van der Waals surface area contributed by atoms with Gasteiger partial charge in [0, 0.05) is 11.4 Å². The minimum atomic E-state index is -2.92. The zero-order valence-electron chi connectivity index (χ0n) is 11.6. The molecule has 0 aromatic heterocycles. The molecule has 3 N–H and O–H groups in total. The highest BCUT2D eigenvalue weighted by Gasteiger charge is 2.07. The summed E-state index contributed by atoms with van der Waals surface area (Å²) >= 11 is 0. The number of urea groups is 1. The van der Waals surface area contributed by atoms with E-state index >= 15 is 0 Å². The summed E-state index contributed by atoms with van der Waals surface area (Å²) in [5.74, 6) is -1.14. The zero-order valence-corrected chi connectivity index (χ0v) is 11.6. The maximum atomic E-state index is 12.0. The Labute approximate surface area is 129 Å². The molecule has 2 aromatic rings. The van der Waals surface area contributed by atoms with Crippen LogP contribution < -0.4 is 15.4 Å². The van der Waals surface area contributed by atoms with Gasteiger partial charge in [-0.3, -0.25) is 0 Å². The second-order valence-electron chi connectivity index (χ2n) is 4.37. The van der Waals surface area contributed by atoms with E-state index in [1.54, 1.807) is 0 Å². The van der Waals surface area contributed by atoms with Crippen molar-refractivity contribution >= 4 is 23.4 Å². The number of hydrogen-bond donors (Lipinski definition) is 3. The number of aromatic carboxylic acids is 1. The smallest absolute Gasteiger partial charge is 0.387 e. The lowest BCUT2D eigenvalue weighted by molar-refractivity contribution is -0.0498. The number of benzene rings is 2. The van der Waals surface area contributed by atoms with Gasteiger partial charge in [0.25, 0.3) is 0 Å². The van der Waals surface area contributed by atoms with Crippen LogP contribution >= 0.6 is 0 Å². The van der Waals surface area contributed by atoms with E-state index in [9.17, 15) is 18.4 Å². The van der Waals surface area contributed by atoms with Crippen molar-refractivity contribution in [1.82, 2.24) is 0 Å². The van der Waals surface area contributed by atoms with Gasteiger partial charge in [-0.25, -0.2) is 9.59 Å². The molecule has 0 heterocycles. The fourth-order valence-electron chi connectivity index (χ4n) is 1.74. The van der Waals surface area contributed by atoms with Gasteiger partial charge in [-0.2, -0.15) is 8.78 Å². The van der Waals surface area contributed by atoms with E-state index in [-0.39, 0.29) is 11.3 Å². The number of halogens is 2. The molecule has 0 atom stereocenters. The van der Waals surface area contributed by atoms with E-state index in [2.05, 4.69) is 15.4 Å². The molecule has 0 unspecified atom stereocenters. The van der Waals surface area contributed by atoms with Gasteiger partial charge in [-0.15, -0.1) is 0 Å². The third-order valence-corrected chi connectivity index (χ3v) is 2.70. The summed E-state index contributed by atoms with van der Waals surface area (Å²) in [6, 6.07) is 10.5. The zero-order chi connectivity index (χ0) is 16.8. The van der Waals surface area contributed by atoms with Gasteiger partial charge in [-0.1, -0.05) is 6.07 Å². The highest BCUT2D eigenvalue weighted by Crippen LogP contribution is 2.18. The highest BCUT2D eigenvalue weighted by atomic mass is 19.3. The normalized spacial score (nSPS) is 10.2. The summed E-state index contributed by atoms with van der Waals surface area (Å²) in [7, 11) is 0. The number of carbonyl (C=O) groups excluding carboxylic acids is 1. The van der Waals surface area contributed by atoms with E-state index < -0.39 is 18.6 Å². The molecule has 6 nitrogen and oxygen atoms in total. The Hall–Kier alpha value is -3.16. The topological polar surface area (TPSA) is 87.7 Å². The van der Waals surface area contributed by atoms with Crippen LogP contribution in [0.4, 0.5) is 25.0 Å². The number of ether oxygens (including phenoxy) is 1. The van der Waals surface area contributed by atoms with Crippen molar-refractivity contribution in [3.05, 3.63) is 54.1 Å². The Morgan fingerprint density at radius 2 is 1.65 bits per heavy atom. The molecule has 0 radical (unpaired) electrons. The van der Waals surface area contributed by atoms with Crippen molar-refractivity contribution in [1.29, 1.82) is 0 Å². The molecule has 2 rings (SSSR count). The first-order chi connectivity index (χ1) is 10.9. The second kappa shape index (κ2) is 7.21. The van der Waals surface area contributed by atoms with Crippen molar-refractivity contribution in [2.24, 2.45) is 0 Å². The lowest BCUT2D eigenvalue weighted by atomic mass is 10.2. The summed E-state index contributed by atoms with van der Waals surface area (Å²) in [5.41, 5.74) is 0.704. The Kier molecular flexibility index (Phi) is 5.08. The van der Waals surface area contributed by atoms with Gasteiger partial charge in [0.2, 0.25) is 0 Å². The molecule has 0 saturated heterocycles. The minimum absolute atomic E-state index is 0.0277. The predicted molar refractivity (Wildman–Crippen MR) is 79.1 cm³/mol. The van der Waals surface area contributed by atoms with Crippen LogP contribution in [0.25, 0.3) is 0 Å². The van der Waals surface area contributed by atoms with E-state index in [1.807, 2.05) is 0 Å². The van der Waals surface area contributed by atoms with Gasteiger partial charge in [0.05, 0.1) is 5.56 Å². The van der Waals surface area contributed by atoms with Crippen LogP contribution in [0.3, 0.4) is 0 Å². The van der Waals surface area contributed by atoms with Gasteiger partial charge in [0.15, 0.2) is 0 Å². The average Bonchev–Trinajstić information content (AvgIpc) is 2.49. The minimum Gasteiger partial charge on any atom is -0.478 e. The molecule has 120 valence electrons. The molecule has 8 heteroatoms. The molecule has 0 fully saturated rings. The number of amides is 2. The quantitative estimate of drug-likeness (QED) is 0.784. The van der Waals surface area contributed by atoms with Crippen LogP contribution in [0.15, 0.2) is 48.5 Å². The molecule has 0 saturated carbocycles. The van der Waals surface area contributed by atoms with Crippen LogP contribution in [0, 0.1) is 0 Å². The Bertz CT molecular complexity index is 705. The lowest BCUT2D eigenvalue weighted by Gasteiger charge is -2.09. The van der Waals surface area contributed by atoms with Crippen molar-refractivity contribution in [3.8, 4) is 5.75 Å². The third-order valence-electron chi connectivity index (χ3n) is 2.70. The van der Waals surface area contributed by atoms with Gasteiger partial charge in [-0.05, 0) is 42.5 Å². The van der Waals surface area contributed by atoms with E-state index in [1.165, 1.54) is 48.5 Å². The van der Waals surface area contributed by atoms with Crippen LogP contribution in [-0.4, -0.2) is 23.7 Å². The largest absolute Gasteiger partial charge is 0.478 e. The van der Waals surface area contributed by atoms with E-state index in [0.29, 0.717) is 11.4 Å². The molecule has 2 amide bonds. The standard InChI is InChI=1S/C15H12F2N2O4/c16-14(17)23-12-6-4-10(5-7-12)18-15(22)19-11-3-1-2-9(8-11)13(20)21/h1-8,14H,(H,20,21)(H2,18,19,22). The van der Waals surface area contributed by atoms with Crippen molar-refractivity contribution in [2.75, 3.05) is 10.6 Å². The van der Waals surface area contributed by atoms with E-state index in [0.717, 1.165) is 0 Å². The number of hydrogen-bond acceptors (Lipinski definition) is 3. The van der Waals surface area contributed by atoms with Gasteiger partial charge < -0.3 is 20.5 Å². The molecule has 0 aliphatic heterocycles. The number of carboxylic acid groups (broad SMARTS) is 1. The van der Waals surface area contributed by atoms with Crippen molar-refractivity contribution in [3.63, 3.8) is 0 Å². The summed E-state index contributed by atoms with van der Waals surface area (Å²) in [6.07, 6.45) is 0. The van der Waals surface area contributed by atoms with Crippen LogP contribution in [-0.2, 0) is 0 Å². The number of alkyl halides is 2. The number of carboxylic acids is 1. The number of anilines is 2. The first-order valence-electron chi connectivity index (χ1n) is 6.40. The molecule has 0 bridgehead atoms. The first kappa shape index (κ1) is 16.2. The fraction of sp³-hybridized carbons (Fsp3) is 0.0667. The summed E-state index contributed by atoms with van der Waals surface area (Å²) in [6.45, 7) is -2.92. The van der Waals surface area contributed by atoms with Crippen LogP contribution in [0.1, 0.15) is 10.4 Å². The highest BCUT2D eigenvalue weighted by molar-refractivity contribution is 6.00. The maximum absolute atomic E-state index is 12.0. The van der Waals surface area contributed by atoms with Crippen molar-refractivity contribution in [2.45, 2.75) is 6.61 Å². The molecule has 2 aromatic carbocycles. The Morgan fingerprint density at radius 1 is 1.00 bits per heavy atom. The number of carbonyl (C=O) groups is 2. The number of nitrogens with one attached hydrogen (secondary N) is 2. The fourth-order valence-corrected chi connectivity index (χ4v) is 1.74. The lowest BCUT2D eigenvalue weighted by Crippen LogP contribution is -2.19. The molecular formula is C15H12F2N2O4. The van der Waals surface area contributed by atoms with Gasteiger partial charge in [0.1, 0.15) is 5.75 Å². The predicted octanol–water partition coefficient (Wildman–Crippen LogP) is 3.63. The molecule has 0 spiro atoms. The van der Waals surface area contributed by atoms with Crippen LogP contribution in [0.2, 0.25) is 0 Å². The molecule has 0 aliphatic rings. The second-order valence-corrected chi connectivity index (χ2v) is 4.37. The Morgan fingerprint density at radius 3 is 2.26 bits per heavy atom. The van der Waals surface area contributed by atoms with Gasteiger partial charge >= 0.3 is 18.6 Å².